The number of amides is 3. The summed E-state index contributed by atoms with van der Waals surface area (Å²) in [5, 5.41) is 21.2. The molecule has 0 aromatic rings. The third-order valence-electron chi connectivity index (χ3n) is 1.44. The second kappa shape index (κ2) is 6.60. The zero-order valence-electron chi connectivity index (χ0n) is 7.90. The number of aliphatic hydroxyl groups excluding tert-OH is 1. The zero-order chi connectivity index (χ0) is 11.8. The Morgan fingerprint density at radius 3 is 2.33 bits per heavy atom. The molecule has 0 unspecified atom stereocenters. The van der Waals surface area contributed by atoms with Gasteiger partial charge in [-0.25, -0.2) is 9.59 Å². The van der Waals surface area contributed by atoms with Gasteiger partial charge in [0, 0.05) is 13.0 Å². The van der Waals surface area contributed by atoms with Gasteiger partial charge in [0.1, 0.15) is 6.04 Å². The Kier molecular flexibility index (Phi) is 5.79. The molecule has 0 saturated carbocycles. The third kappa shape index (κ3) is 6.27. The second-order valence-electron chi connectivity index (χ2n) is 2.70. The molecule has 0 spiro atoms. The van der Waals surface area contributed by atoms with E-state index < -0.39 is 23.9 Å². The fraction of sp³-hybridized carbons (Fsp3) is 0.571. The summed E-state index contributed by atoms with van der Waals surface area (Å²) in [7, 11) is 0. The highest BCUT2D eigenvalue weighted by molar-refractivity contribution is 5.85. The SMILES string of the molecule is NC(=O)CNC(=O)N[C@@H](CCO)C(=O)O. The summed E-state index contributed by atoms with van der Waals surface area (Å²) >= 11 is 0. The van der Waals surface area contributed by atoms with Crippen LogP contribution in [0, 0.1) is 0 Å². The minimum Gasteiger partial charge on any atom is -0.480 e. The van der Waals surface area contributed by atoms with Crippen molar-refractivity contribution in [1.82, 2.24) is 10.6 Å². The molecular weight excluding hydrogens is 206 g/mol. The van der Waals surface area contributed by atoms with Crippen molar-refractivity contribution in [2.45, 2.75) is 12.5 Å². The average Bonchev–Trinajstić information content (AvgIpc) is 2.14. The first-order valence-electron chi connectivity index (χ1n) is 4.13. The molecule has 0 aliphatic heterocycles. The first kappa shape index (κ1) is 13.2. The number of aliphatic carboxylic acids is 1. The van der Waals surface area contributed by atoms with E-state index in [1.807, 2.05) is 0 Å². The molecule has 0 aromatic heterocycles. The van der Waals surface area contributed by atoms with Crippen LogP contribution in [0.1, 0.15) is 6.42 Å². The monoisotopic (exact) mass is 219 g/mol. The van der Waals surface area contributed by atoms with Crippen LogP contribution >= 0.6 is 0 Å². The van der Waals surface area contributed by atoms with Crippen molar-refractivity contribution in [2.75, 3.05) is 13.2 Å². The first-order chi connectivity index (χ1) is 6.97. The topological polar surface area (TPSA) is 142 Å². The summed E-state index contributed by atoms with van der Waals surface area (Å²) in [5.74, 6) is -2.00. The van der Waals surface area contributed by atoms with Gasteiger partial charge in [0.2, 0.25) is 5.91 Å². The van der Waals surface area contributed by atoms with Crippen LogP contribution in [0.2, 0.25) is 0 Å². The van der Waals surface area contributed by atoms with E-state index in [9.17, 15) is 14.4 Å². The Hall–Kier alpha value is -1.83. The number of nitrogens with one attached hydrogen (secondary N) is 2. The van der Waals surface area contributed by atoms with Crippen molar-refractivity contribution in [3.8, 4) is 0 Å². The number of carbonyl (C=O) groups excluding carboxylic acids is 2. The number of carboxylic acid groups (broad SMARTS) is 1. The second-order valence-corrected chi connectivity index (χ2v) is 2.70. The normalized spacial score (nSPS) is 11.5. The third-order valence-corrected chi connectivity index (χ3v) is 1.44. The molecule has 1 atom stereocenters. The smallest absolute Gasteiger partial charge is 0.326 e. The van der Waals surface area contributed by atoms with Crippen LogP contribution in [-0.2, 0) is 9.59 Å². The average molecular weight is 219 g/mol. The van der Waals surface area contributed by atoms with Crippen molar-refractivity contribution < 1.29 is 24.6 Å². The quantitative estimate of drug-likeness (QED) is 0.338. The molecule has 86 valence electrons. The Morgan fingerprint density at radius 2 is 1.93 bits per heavy atom. The standard InChI is InChI=1S/C7H13N3O5/c8-5(12)3-9-7(15)10-4(1-2-11)6(13)14/h4,11H,1-3H2,(H2,8,12)(H,13,14)(H2,9,10,15)/t4-/m0/s1. The summed E-state index contributed by atoms with van der Waals surface area (Å²) in [4.78, 5) is 31.8. The Balaban J connectivity index is 3.99. The van der Waals surface area contributed by atoms with E-state index in [1.165, 1.54) is 0 Å². The lowest BCUT2D eigenvalue weighted by Gasteiger charge is -2.13. The number of carboxylic acids is 1. The zero-order valence-corrected chi connectivity index (χ0v) is 7.90. The Labute approximate surface area is 85.4 Å². The lowest BCUT2D eigenvalue weighted by Crippen LogP contribution is -2.48. The van der Waals surface area contributed by atoms with Gasteiger partial charge in [0.15, 0.2) is 0 Å². The molecule has 0 rings (SSSR count). The van der Waals surface area contributed by atoms with Crippen molar-refractivity contribution in [3.63, 3.8) is 0 Å². The number of urea groups is 1. The first-order valence-corrected chi connectivity index (χ1v) is 4.13. The lowest BCUT2D eigenvalue weighted by atomic mass is 10.2. The van der Waals surface area contributed by atoms with Gasteiger partial charge in [0.05, 0.1) is 6.54 Å². The lowest BCUT2D eigenvalue weighted by molar-refractivity contribution is -0.139. The number of hydrogen-bond donors (Lipinski definition) is 5. The van der Waals surface area contributed by atoms with E-state index >= 15 is 0 Å². The highest BCUT2D eigenvalue weighted by Crippen LogP contribution is 1.90. The van der Waals surface area contributed by atoms with E-state index in [1.54, 1.807) is 0 Å². The summed E-state index contributed by atoms with van der Waals surface area (Å²) in [6.07, 6.45) is -0.112. The van der Waals surface area contributed by atoms with E-state index in [-0.39, 0.29) is 19.6 Å². The molecule has 8 nitrogen and oxygen atoms in total. The van der Waals surface area contributed by atoms with Crippen LogP contribution in [-0.4, -0.2) is 47.3 Å². The van der Waals surface area contributed by atoms with Crippen LogP contribution in [0.5, 0.6) is 0 Å². The molecule has 8 heteroatoms. The molecule has 0 heterocycles. The molecular formula is C7H13N3O5. The number of hydrogen-bond acceptors (Lipinski definition) is 4. The summed E-state index contributed by atoms with van der Waals surface area (Å²) in [6.45, 7) is -0.746. The molecule has 3 amide bonds. The highest BCUT2D eigenvalue weighted by Gasteiger charge is 2.18. The summed E-state index contributed by atoms with van der Waals surface area (Å²) in [6, 6.07) is -2.02. The molecule has 0 bridgehead atoms. The largest absolute Gasteiger partial charge is 0.480 e. The van der Waals surface area contributed by atoms with Crippen molar-refractivity contribution in [2.24, 2.45) is 5.73 Å². The fourth-order valence-corrected chi connectivity index (χ4v) is 0.763. The predicted octanol–water partition coefficient (Wildman–Crippen LogP) is -2.39. The van der Waals surface area contributed by atoms with Gasteiger partial charge in [0.25, 0.3) is 0 Å². The van der Waals surface area contributed by atoms with Crippen LogP contribution in [0.25, 0.3) is 0 Å². The molecule has 0 fully saturated rings. The predicted molar refractivity (Wildman–Crippen MR) is 48.9 cm³/mol. The van der Waals surface area contributed by atoms with Gasteiger partial charge < -0.3 is 26.6 Å². The molecule has 0 radical (unpaired) electrons. The number of rotatable bonds is 6. The van der Waals surface area contributed by atoms with Crippen LogP contribution in [0.3, 0.4) is 0 Å². The fourth-order valence-electron chi connectivity index (χ4n) is 0.763. The molecule has 6 N–H and O–H groups in total. The minimum absolute atomic E-state index is 0.112. The van der Waals surface area contributed by atoms with Crippen LogP contribution in [0.4, 0.5) is 4.79 Å². The van der Waals surface area contributed by atoms with Crippen LogP contribution < -0.4 is 16.4 Å². The Bertz CT molecular complexity index is 255. The van der Waals surface area contributed by atoms with E-state index in [0.29, 0.717) is 0 Å². The number of aliphatic hydroxyl groups is 1. The summed E-state index contributed by atoms with van der Waals surface area (Å²) < 4.78 is 0. The number of primary amides is 1. The van der Waals surface area contributed by atoms with Gasteiger partial charge in [-0.2, -0.15) is 0 Å². The van der Waals surface area contributed by atoms with Crippen molar-refractivity contribution in [1.29, 1.82) is 0 Å². The molecule has 0 saturated heterocycles. The molecule has 0 aromatic carbocycles. The van der Waals surface area contributed by atoms with Crippen molar-refractivity contribution in [3.05, 3.63) is 0 Å². The van der Waals surface area contributed by atoms with Gasteiger partial charge >= 0.3 is 12.0 Å². The maximum absolute atomic E-state index is 11.0. The number of nitrogens with two attached hydrogens (primary N) is 1. The summed E-state index contributed by atoms with van der Waals surface area (Å²) in [5.41, 5.74) is 4.75. The van der Waals surface area contributed by atoms with Gasteiger partial charge in [-0.05, 0) is 0 Å². The number of carbonyl (C=O) groups is 3. The maximum Gasteiger partial charge on any atom is 0.326 e. The maximum atomic E-state index is 11.0. The van der Waals surface area contributed by atoms with Gasteiger partial charge in [-0.15, -0.1) is 0 Å². The van der Waals surface area contributed by atoms with E-state index in [0.717, 1.165) is 0 Å². The minimum atomic E-state index is -1.27. The molecule has 15 heavy (non-hydrogen) atoms. The van der Waals surface area contributed by atoms with Gasteiger partial charge in [-0.1, -0.05) is 0 Å². The Morgan fingerprint density at radius 1 is 1.33 bits per heavy atom. The highest BCUT2D eigenvalue weighted by atomic mass is 16.4. The van der Waals surface area contributed by atoms with E-state index in [4.69, 9.17) is 15.9 Å². The van der Waals surface area contributed by atoms with Crippen molar-refractivity contribution >= 4 is 17.9 Å². The molecule has 0 aliphatic rings. The van der Waals surface area contributed by atoms with Crippen LogP contribution in [0.15, 0.2) is 0 Å². The molecule has 0 aliphatic carbocycles. The van der Waals surface area contributed by atoms with Gasteiger partial charge in [-0.3, -0.25) is 4.79 Å². The van der Waals surface area contributed by atoms with E-state index in [2.05, 4.69) is 10.6 Å².